The molecule has 0 atom stereocenters. The zero-order valence-electron chi connectivity index (χ0n) is 13.6. The van der Waals surface area contributed by atoms with Gasteiger partial charge in [-0.25, -0.2) is 4.79 Å². The van der Waals surface area contributed by atoms with E-state index in [0.717, 1.165) is 17.1 Å². The van der Waals surface area contributed by atoms with Crippen LogP contribution in [0.15, 0.2) is 48.5 Å². The van der Waals surface area contributed by atoms with E-state index < -0.39 is 5.97 Å². The van der Waals surface area contributed by atoms with Crippen molar-refractivity contribution in [2.45, 2.75) is 19.1 Å². The lowest BCUT2D eigenvalue weighted by Crippen LogP contribution is -2.25. The van der Waals surface area contributed by atoms with E-state index in [0.29, 0.717) is 18.5 Å². The fourth-order valence-corrected chi connectivity index (χ4v) is 2.84. The number of carbonyl (C=O) groups excluding carboxylic acids is 1. The maximum atomic E-state index is 12.1. The molecule has 0 fully saturated rings. The van der Waals surface area contributed by atoms with Gasteiger partial charge in [0.2, 0.25) is 0 Å². The molecule has 0 aliphatic carbocycles. The Balaban J connectivity index is 1.81. The molecule has 0 unspecified atom stereocenters. The summed E-state index contributed by atoms with van der Waals surface area (Å²) < 4.78 is 0. The zero-order valence-corrected chi connectivity index (χ0v) is 14.4. The maximum absolute atomic E-state index is 12.1. The van der Waals surface area contributed by atoms with Gasteiger partial charge >= 0.3 is 5.97 Å². The highest BCUT2D eigenvalue weighted by Crippen LogP contribution is 2.12. The predicted octanol–water partition coefficient (Wildman–Crippen LogP) is 3.61. The quantitative estimate of drug-likeness (QED) is 0.768. The molecule has 0 heterocycles. The number of benzene rings is 2. The Hall–Kier alpha value is -2.27. The van der Waals surface area contributed by atoms with Gasteiger partial charge in [-0.2, -0.15) is 11.8 Å². The van der Waals surface area contributed by atoms with Crippen LogP contribution in [-0.2, 0) is 12.2 Å². The average Bonchev–Trinajstić information content (AvgIpc) is 2.60. The smallest absolute Gasteiger partial charge is 0.335 e. The molecule has 0 aliphatic heterocycles. The number of nitrogens with one attached hydrogen (secondary N) is 1. The summed E-state index contributed by atoms with van der Waals surface area (Å²) in [5.41, 5.74) is 3.13. The Bertz CT molecular complexity index is 681. The van der Waals surface area contributed by atoms with Crippen molar-refractivity contribution in [3.63, 3.8) is 0 Å². The minimum Gasteiger partial charge on any atom is -0.478 e. The van der Waals surface area contributed by atoms with E-state index in [1.165, 1.54) is 5.56 Å². The molecule has 126 valence electrons. The van der Waals surface area contributed by atoms with Gasteiger partial charge in [0.15, 0.2) is 0 Å². The second-order valence-corrected chi connectivity index (χ2v) is 6.62. The second kappa shape index (κ2) is 9.13. The summed E-state index contributed by atoms with van der Waals surface area (Å²) in [4.78, 5) is 22.9. The molecule has 5 heteroatoms. The minimum absolute atomic E-state index is 0.0909. The summed E-state index contributed by atoms with van der Waals surface area (Å²) in [5.74, 6) is 1.02. The lowest BCUT2D eigenvalue weighted by molar-refractivity contribution is 0.0696. The van der Waals surface area contributed by atoms with Crippen molar-refractivity contribution in [1.29, 1.82) is 0 Å². The van der Waals surface area contributed by atoms with Crippen molar-refractivity contribution >= 4 is 23.6 Å². The Labute approximate surface area is 146 Å². The van der Waals surface area contributed by atoms with Gasteiger partial charge in [0.05, 0.1) is 5.56 Å². The largest absolute Gasteiger partial charge is 0.478 e. The number of aromatic carboxylic acids is 1. The predicted molar refractivity (Wildman–Crippen MR) is 97.7 cm³/mol. The van der Waals surface area contributed by atoms with Crippen molar-refractivity contribution in [2.75, 3.05) is 12.3 Å². The fourth-order valence-electron chi connectivity index (χ4n) is 2.21. The number of thioether (sulfide) groups is 1. The third kappa shape index (κ3) is 5.42. The summed E-state index contributed by atoms with van der Waals surface area (Å²) in [7, 11) is 0. The highest BCUT2D eigenvalue weighted by molar-refractivity contribution is 7.98. The molecule has 0 aromatic heterocycles. The molecule has 0 aliphatic rings. The van der Waals surface area contributed by atoms with Crippen LogP contribution in [0.1, 0.15) is 38.8 Å². The van der Waals surface area contributed by atoms with Crippen LogP contribution in [0.5, 0.6) is 0 Å². The molecule has 0 bridgehead atoms. The SMILES string of the molecule is CCSCc1ccc(C(=O)NCCc2ccc(C(=O)O)cc2)cc1. The minimum atomic E-state index is -0.935. The standard InChI is InChI=1S/C19H21NO3S/c1-2-24-13-15-5-7-16(8-6-15)18(21)20-12-11-14-3-9-17(10-4-14)19(22)23/h3-10H,2,11-13H2,1H3,(H,20,21)(H,22,23). The van der Waals surface area contributed by atoms with E-state index in [9.17, 15) is 9.59 Å². The first-order chi connectivity index (χ1) is 11.6. The zero-order chi connectivity index (χ0) is 17.4. The number of hydrogen-bond donors (Lipinski definition) is 2. The summed E-state index contributed by atoms with van der Waals surface area (Å²) in [6.45, 7) is 2.64. The topological polar surface area (TPSA) is 66.4 Å². The molecule has 0 saturated carbocycles. The van der Waals surface area contributed by atoms with Crippen molar-refractivity contribution in [2.24, 2.45) is 0 Å². The van der Waals surface area contributed by atoms with Crippen LogP contribution >= 0.6 is 11.8 Å². The van der Waals surface area contributed by atoms with Crippen LogP contribution in [-0.4, -0.2) is 29.3 Å². The van der Waals surface area contributed by atoms with Crippen LogP contribution in [0.4, 0.5) is 0 Å². The highest BCUT2D eigenvalue weighted by Gasteiger charge is 2.06. The van der Waals surface area contributed by atoms with Gasteiger partial charge in [0.1, 0.15) is 0 Å². The summed E-state index contributed by atoms with van der Waals surface area (Å²) >= 11 is 1.85. The van der Waals surface area contributed by atoms with Crippen LogP contribution in [0, 0.1) is 0 Å². The van der Waals surface area contributed by atoms with Gasteiger partial charge in [-0.1, -0.05) is 31.2 Å². The molecule has 0 radical (unpaired) electrons. The van der Waals surface area contributed by atoms with E-state index in [1.807, 2.05) is 36.0 Å². The number of carbonyl (C=O) groups is 2. The first-order valence-electron chi connectivity index (χ1n) is 7.87. The molecule has 0 saturated heterocycles. The van der Waals surface area contributed by atoms with Gasteiger partial charge < -0.3 is 10.4 Å². The molecule has 4 nitrogen and oxygen atoms in total. The molecular formula is C19H21NO3S. The molecule has 2 aromatic rings. The molecule has 2 rings (SSSR count). The summed E-state index contributed by atoms with van der Waals surface area (Å²) in [6.07, 6.45) is 0.664. The first-order valence-corrected chi connectivity index (χ1v) is 9.02. The lowest BCUT2D eigenvalue weighted by atomic mass is 10.1. The Morgan fingerprint density at radius 2 is 1.54 bits per heavy atom. The van der Waals surface area contributed by atoms with E-state index in [1.54, 1.807) is 24.3 Å². The van der Waals surface area contributed by atoms with Crippen LogP contribution < -0.4 is 5.32 Å². The molecule has 24 heavy (non-hydrogen) atoms. The Morgan fingerprint density at radius 3 is 2.12 bits per heavy atom. The van der Waals surface area contributed by atoms with E-state index >= 15 is 0 Å². The van der Waals surface area contributed by atoms with Crippen molar-refractivity contribution < 1.29 is 14.7 Å². The third-order valence-electron chi connectivity index (χ3n) is 3.59. The normalized spacial score (nSPS) is 10.4. The van der Waals surface area contributed by atoms with E-state index in [-0.39, 0.29) is 11.5 Å². The van der Waals surface area contributed by atoms with Gasteiger partial charge in [-0.05, 0) is 47.6 Å². The van der Waals surface area contributed by atoms with E-state index in [2.05, 4.69) is 12.2 Å². The highest BCUT2D eigenvalue weighted by atomic mass is 32.2. The summed E-state index contributed by atoms with van der Waals surface area (Å²) in [5, 5.41) is 11.7. The monoisotopic (exact) mass is 343 g/mol. The van der Waals surface area contributed by atoms with E-state index in [4.69, 9.17) is 5.11 Å². The van der Waals surface area contributed by atoms with Gasteiger partial charge in [-0.3, -0.25) is 4.79 Å². The second-order valence-electron chi connectivity index (χ2n) is 5.34. The molecular weight excluding hydrogens is 322 g/mol. The van der Waals surface area contributed by atoms with Gasteiger partial charge in [0.25, 0.3) is 5.91 Å². The third-order valence-corrected chi connectivity index (χ3v) is 4.53. The molecule has 0 spiro atoms. The van der Waals surface area contributed by atoms with Gasteiger partial charge in [0, 0.05) is 17.9 Å². The number of hydrogen-bond acceptors (Lipinski definition) is 3. The Morgan fingerprint density at radius 1 is 0.958 bits per heavy atom. The molecule has 1 amide bonds. The van der Waals surface area contributed by atoms with Crippen LogP contribution in [0.3, 0.4) is 0 Å². The van der Waals surface area contributed by atoms with Crippen LogP contribution in [0.2, 0.25) is 0 Å². The number of carboxylic acid groups (broad SMARTS) is 1. The fraction of sp³-hybridized carbons (Fsp3) is 0.263. The number of carboxylic acids is 1. The van der Waals surface area contributed by atoms with Crippen LogP contribution in [0.25, 0.3) is 0 Å². The average molecular weight is 343 g/mol. The number of rotatable bonds is 8. The summed E-state index contributed by atoms with van der Waals surface area (Å²) in [6, 6.07) is 14.4. The molecule has 2 N–H and O–H groups in total. The first kappa shape index (κ1) is 18.1. The lowest BCUT2D eigenvalue weighted by Gasteiger charge is -2.07. The number of amides is 1. The van der Waals surface area contributed by atoms with Gasteiger partial charge in [-0.15, -0.1) is 0 Å². The molecule has 2 aromatic carbocycles. The maximum Gasteiger partial charge on any atom is 0.335 e. The van der Waals surface area contributed by atoms with Crippen molar-refractivity contribution in [3.8, 4) is 0 Å². The van der Waals surface area contributed by atoms with Crippen molar-refractivity contribution in [1.82, 2.24) is 5.32 Å². The van der Waals surface area contributed by atoms with Crippen molar-refractivity contribution in [3.05, 3.63) is 70.8 Å². The Kier molecular flexibility index (Phi) is 6.88.